The molecular formula is C25H22N2O2. The summed E-state index contributed by atoms with van der Waals surface area (Å²) in [6.45, 7) is 5.95. The van der Waals surface area contributed by atoms with Crippen molar-refractivity contribution in [1.29, 1.82) is 0 Å². The molecule has 4 heteroatoms. The fourth-order valence-electron chi connectivity index (χ4n) is 3.47. The first-order valence-electron chi connectivity index (χ1n) is 9.56. The zero-order chi connectivity index (χ0) is 20.5. The van der Waals surface area contributed by atoms with Crippen molar-refractivity contribution in [2.75, 3.05) is 10.2 Å². The number of benzene rings is 3. The molecule has 2 amide bonds. The molecule has 0 aromatic heterocycles. The average Bonchev–Trinajstić information content (AvgIpc) is 2.96. The number of carbonyl (C=O) groups excluding carboxylic acids is 2. The Morgan fingerprint density at radius 1 is 0.690 bits per heavy atom. The Morgan fingerprint density at radius 2 is 1.38 bits per heavy atom. The van der Waals surface area contributed by atoms with Gasteiger partial charge in [0.05, 0.1) is 11.3 Å². The molecule has 0 aliphatic carbocycles. The fraction of sp³-hybridized carbons (Fsp3) is 0.120. The number of anilines is 2. The Hall–Kier alpha value is -3.66. The standard InChI is InChI=1S/C25H22N2O2/c1-16-13-14-20(15-18(16)3)27-24(28)22(19-10-5-4-6-11-19)23(25(27)29)26-21-12-8-7-9-17(21)2/h4-15,26H,1-3H3. The predicted molar refractivity (Wildman–Crippen MR) is 117 cm³/mol. The molecule has 29 heavy (non-hydrogen) atoms. The number of para-hydroxylation sites is 1. The van der Waals surface area contributed by atoms with Gasteiger partial charge in [-0.05, 0) is 61.2 Å². The molecule has 1 aliphatic heterocycles. The van der Waals surface area contributed by atoms with E-state index in [-0.39, 0.29) is 11.8 Å². The summed E-state index contributed by atoms with van der Waals surface area (Å²) < 4.78 is 0. The van der Waals surface area contributed by atoms with Crippen LogP contribution in [0, 0.1) is 20.8 Å². The third-order valence-electron chi connectivity index (χ3n) is 5.30. The third kappa shape index (κ3) is 3.34. The second-order valence-corrected chi connectivity index (χ2v) is 7.27. The molecule has 144 valence electrons. The molecule has 0 atom stereocenters. The summed E-state index contributed by atoms with van der Waals surface area (Å²) in [7, 11) is 0. The maximum atomic E-state index is 13.4. The number of rotatable bonds is 4. The van der Waals surface area contributed by atoms with Crippen LogP contribution in [0.15, 0.2) is 78.5 Å². The minimum Gasteiger partial charge on any atom is -0.350 e. The van der Waals surface area contributed by atoms with Crippen molar-refractivity contribution in [2.24, 2.45) is 0 Å². The molecule has 0 saturated heterocycles. The zero-order valence-electron chi connectivity index (χ0n) is 16.7. The van der Waals surface area contributed by atoms with E-state index in [0.29, 0.717) is 22.5 Å². The molecule has 0 saturated carbocycles. The Balaban J connectivity index is 1.84. The number of aryl methyl sites for hydroxylation is 3. The summed E-state index contributed by atoms with van der Waals surface area (Å²) in [5.41, 5.74) is 5.93. The molecule has 3 aromatic rings. The number of carbonyl (C=O) groups is 2. The van der Waals surface area contributed by atoms with E-state index in [0.717, 1.165) is 22.4 Å². The monoisotopic (exact) mass is 382 g/mol. The van der Waals surface area contributed by atoms with E-state index in [1.54, 1.807) is 0 Å². The van der Waals surface area contributed by atoms with Crippen molar-refractivity contribution in [2.45, 2.75) is 20.8 Å². The van der Waals surface area contributed by atoms with Gasteiger partial charge in [-0.2, -0.15) is 0 Å². The summed E-state index contributed by atoms with van der Waals surface area (Å²) in [4.78, 5) is 28.1. The molecular weight excluding hydrogens is 360 g/mol. The molecule has 1 aliphatic rings. The van der Waals surface area contributed by atoms with E-state index >= 15 is 0 Å². The van der Waals surface area contributed by atoms with E-state index in [1.807, 2.05) is 93.6 Å². The van der Waals surface area contributed by atoms with E-state index in [9.17, 15) is 9.59 Å². The van der Waals surface area contributed by atoms with Gasteiger partial charge >= 0.3 is 0 Å². The summed E-state index contributed by atoms with van der Waals surface area (Å²) in [6.07, 6.45) is 0. The number of nitrogens with one attached hydrogen (secondary N) is 1. The minimum atomic E-state index is -0.347. The van der Waals surface area contributed by atoms with E-state index in [4.69, 9.17) is 0 Å². The Kier molecular flexibility index (Phi) is 4.77. The topological polar surface area (TPSA) is 49.4 Å². The van der Waals surface area contributed by atoms with E-state index in [2.05, 4.69) is 5.32 Å². The summed E-state index contributed by atoms with van der Waals surface area (Å²) >= 11 is 0. The lowest BCUT2D eigenvalue weighted by molar-refractivity contribution is -0.120. The van der Waals surface area contributed by atoms with Gasteiger partial charge in [0.15, 0.2) is 0 Å². The third-order valence-corrected chi connectivity index (χ3v) is 5.30. The molecule has 3 aromatic carbocycles. The predicted octanol–water partition coefficient (Wildman–Crippen LogP) is 5.01. The van der Waals surface area contributed by atoms with E-state index < -0.39 is 0 Å². The molecule has 4 nitrogen and oxygen atoms in total. The van der Waals surface area contributed by atoms with Crippen molar-refractivity contribution < 1.29 is 9.59 Å². The Labute approximate surface area is 170 Å². The highest BCUT2D eigenvalue weighted by Crippen LogP contribution is 2.34. The van der Waals surface area contributed by atoms with Gasteiger partial charge < -0.3 is 5.32 Å². The average molecular weight is 382 g/mol. The van der Waals surface area contributed by atoms with Gasteiger partial charge in [0.1, 0.15) is 5.70 Å². The Bertz CT molecular complexity index is 1150. The molecule has 0 bridgehead atoms. The van der Waals surface area contributed by atoms with Crippen molar-refractivity contribution in [1.82, 2.24) is 0 Å². The SMILES string of the molecule is Cc1ccc(N2C(=O)C(Nc3ccccc3C)=C(c3ccccc3)C2=O)cc1C. The molecule has 1 heterocycles. The number of imide groups is 1. The lowest BCUT2D eigenvalue weighted by Crippen LogP contribution is -2.32. The first kappa shape index (κ1) is 18.7. The Morgan fingerprint density at radius 3 is 2.07 bits per heavy atom. The van der Waals surface area contributed by atoms with Gasteiger partial charge in [0, 0.05) is 5.69 Å². The molecule has 0 radical (unpaired) electrons. The van der Waals surface area contributed by atoms with Crippen LogP contribution in [0.3, 0.4) is 0 Å². The number of amides is 2. The highest BCUT2D eigenvalue weighted by atomic mass is 16.2. The minimum absolute atomic E-state index is 0.300. The number of hydrogen-bond acceptors (Lipinski definition) is 3. The summed E-state index contributed by atoms with van der Waals surface area (Å²) in [5.74, 6) is -0.666. The fourth-order valence-corrected chi connectivity index (χ4v) is 3.47. The lowest BCUT2D eigenvalue weighted by Gasteiger charge is -2.17. The molecule has 4 rings (SSSR count). The van der Waals surface area contributed by atoms with Gasteiger partial charge in [-0.3, -0.25) is 9.59 Å². The van der Waals surface area contributed by atoms with E-state index in [1.165, 1.54) is 4.90 Å². The van der Waals surface area contributed by atoms with Crippen molar-refractivity contribution >= 4 is 28.8 Å². The summed E-state index contributed by atoms with van der Waals surface area (Å²) in [6, 6.07) is 22.7. The van der Waals surface area contributed by atoms with Crippen molar-refractivity contribution in [3.8, 4) is 0 Å². The second-order valence-electron chi connectivity index (χ2n) is 7.27. The van der Waals surface area contributed by atoms with Crippen LogP contribution in [0.1, 0.15) is 22.3 Å². The number of hydrogen-bond donors (Lipinski definition) is 1. The molecule has 1 N–H and O–H groups in total. The molecule has 0 unspecified atom stereocenters. The van der Waals surface area contributed by atoms with Crippen LogP contribution in [-0.4, -0.2) is 11.8 Å². The maximum absolute atomic E-state index is 13.4. The van der Waals surface area contributed by atoms with Crippen LogP contribution in [0.2, 0.25) is 0 Å². The van der Waals surface area contributed by atoms with Crippen LogP contribution in [0.5, 0.6) is 0 Å². The van der Waals surface area contributed by atoms with Gasteiger partial charge in [-0.25, -0.2) is 4.90 Å². The maximum Gasteiger partial charge on any atom is 0.282 e. The molecule has 0 spiro atoms. The first-order chi connectivity index (χ1) is 14.0. The van der Waals surface area contributed by atoms with Crippen LogP contribution < -0.4 is 10.2 Å². The van der Waals surface area contributed by atoms with Crippen LogP contribution >= 0.6 is 0 Å². The second kappa shape index (κ2) is 7.40. The van der Waals surface area contributed by atoms with Gasteiger partial charge in [0.25, 0.3) is 11.8 Å². The first-order valence-corrected chi connectivity index (χ1v) is 9.56. The lowest BCUT2D eigenvalue weighted by atomic mass is 10.0. The van der Waals surface area contributed by atoms with Crippen molar-refractivity contribution in [3.05, 3.63) is 101 Å². The van der Waals surface area contributed by atoms with Gasteiger partial charge in [-0.1, -0.05) is 54.6 Å². The quantitative estimate of drug-likeness (QED) is 0.646. The van der Waals surface area contributed by atoms with Crippen LogP contribution in [0.25, 0.3) is 5.57 Å². The largest absolute Gasteiger partial charge is 0.350 e. The highest BCUT2D eigenvalue weighted by molar-refractivity contribution is 6.46. The smallest absolute Gasteiger partial charge is 0.282 e. The molecule has 0 fully saturated rings. The highest BCUT2D eigenvalue weighted by Gasteiger charge is 2.40. The van der Waals surface area contributed by atoms with Gasteiger partial charge in [0.2, 0.25) is 0 Å². The van der Waals surface area contributed by atoms with Gasteiger partial charge in [-0.15, -0.1) is 0 Å². The zero-order valence-corrected chi connectivity index (χ0v) is 16.7. The normalized spacial score (nSPS) is 14.0. The van der Waals surface area contributed by atoms with Crippen LogP contribution in [0.4, 0.5) is 11.4 Å². The van der Waals surface area contributed by atoms with Crippen LogP contribution in [-0.2, 0) is 9.59 Å². The summed E-state index contributed by atoms with van der Waals surface area (Å²) in [5, 5.41) is 3.23. The number of nitrogens with zero attached hydrogens (tertiary/aromatic N) is 1. The van der Waals surface area contributed by atoms with Crippen molar-refractivity contribution in [3.63, 3.8) is 0 Å².